The minimum Gasteiger partial charge on any atom is -0.508 e. The third kappa shape index (κ3) is 3.07. The Bertz CT molecular complexity index is 271. The lowest BCUT2D eigenvalue weighted by atomic mass is 9.98. The van der Waals surface area contributed by atoms with Gasteiger partial charge in [-0.1, -0.05) is 26.0 Å². The van der Waals surface area contributed by atoms with Gasteiger partial charge in [-0.05, 0) is 30.0 Å². The van der Waals surface area contributed by atoms with E-state index in [2.05, 4.69) is 13.8 Å². The lowest BCUT2D eigenvalue weighted by Crippen LogP contribution is -2.12. The summed E-state index contributed by atoms with van der Waals surface area (Å²) in [4.78, 5) is 0. The fraction of sp³-hybridized carbons (Fsp3) is 0.455. The fourth-order valence-electron chi connectivity index (χ4n) is 1.40. The van der Waals surface area contributed by atoms with Crippen LogP contribution < -0.4 is 5.73 Å². The summed E-state index contributed by atoms with van der Waals surface area (Å²) in [6.07, 6.45) is 0.948. The molecule has 0 fully saturated rings. The van der Waals surface area contributed by atoms with Gasteiger partial charge < -0.3 is 10.8 Å². The van der Waals surface area contributed by atoms with Crippen molar-refractivity contribution in [1.82, 2.24) is 0 Å². The van der Waals surface area contributed by atoms with Gasteiger partial charge in [-0.25, -0.2) is 0 Å². The first-order valence-electron chi connectivity index (χ1n) is 4.64. The molecule has 0 saturated carbocycles. The van der Waals surface area contributed by atoms with E-state index in [0.29, 0.717) is 5.92 Å². The third-order valence-electron chi connectivity index (χ3n) is 2.02. The van der Waals surface area contributed by atoms with Gasteiger partial charge in [0, 0.05) is 6.04 Å². The average molecular weight is 179 g/mol. The van der Waals surface area contributed by atoms with E-state index in [1.54, 1.807) is 12.1 Å². The van der Waals surface area contributed by atoms with Crippen molar-refractivity contribution in [2.45, 2.75) is 26.3 Å². The Hall–Kier alpha value is -1.02. The van der Waals surface area contributed by atoms with Gasteiger partial charge in [-0.3, -0.25) is 0 Å². The number of rotatable bonds is 3. The molecule has 0 aliphatic rings. The highest BCUT2D eigenvalue weighted by Crippen LogP contribution is 2.21. The number of nitrogens with two attached hydrogens (primary N) is 1. The Balaban J connectivity index is 2.71. The lowest BCUT2D eigenvalue weighted by molar-refractivity contribution is 0.469. The minimum atomic E-state index is 0.0344. The largest absolute Gasteiger partial charge is 0.508 e. The van der Waals surface area contributed by atoms with E-state index in [0.717, 1.165) is 12.0 Å². The van der Waals surface area contributed by atoms with Crippen LogP contribution in [0.3, 0.4) is 0 Å². The zero-order chi connectivity index (χ0) is 9.84. The Morgan fingerprint density at radius 3 is 2.62 bits per heavy atom. The molecule has 1 aromatic rings. The first-order valence-corrected chi connectivity index (χ1v) is 4.64. The van der Waals surface area contributed by atoms with Gasteiger partial charge in [0.05, 0.1) is 0 Å². The molecule has 0 heterocycles. The summed E-state index contributed by atoms with van der Waals surface area (Å²) in [7, 11) is 0. The highest BCUT2D eigenvalue weighted by Gasteiger charge is 2.08. The normalized spacial score (nSPS) is 13.2. The predicted octanol–water partition coefficient (Wildman–Crippen LogP) is 2.44. The lowest BCUT2D eigenvalue weighted by Gasteiger charge is -2.14. The molecule has 0 amide bonds. The van der Waals surface area contributed by atoms with Crippen molar-refractivity contribution in [2.24, 2.45) is 11.7 Å². The molecule has 0 aliphatic carbocycles. The van der Waals surface area contributed by atoms with Crippen LogP contribution >= 0.6 is 0 Å². The van der Waals surface area contributed by atoms with Gasteiger partial charge in [-0.15, -0.1) is 0 Å². The third-order valence-corrected chi connectivity index (χ3v) is 2.02. The molecule has 0 unspecified atom stereocenters. The quantitative estimate of drug-likeness (QED) is 0.748. The molecule has 2 heteroatoms. The maximum Gasteiger partial charge on any atom is 0.115 e. The van der Waals surface area contributed by atoms with Crippen molar-refractivity contribution in [3.8, 4) is 5.75 Å². The summed E-state index contributed by atoms with van der Waals surface area (Å²) in [6.45, 7) is 4.28. The van der Waals surface area contributed by atoms with E-state index in [4.69, 9.17) is 5.73 Å². The SMILES string of the molecule is CC(C)C[C@@H](N)c1cccc(O)c1. The molecule has 0 spiro atoms. The summed E-state index contributed by atoms with van der Waals surface area (Å²) >= 11 is 0. The van der Waals surface area contributed by atoms with Gasteiger partial charge in [0.1, 0.15) is 5.75 Å². The summed E-state index contributed by atoms with van der Waals surface area (Å²) in [5.74, 6) is 0.869. The first-order chi connectivity index (χ1) is 6.09. The van der Waals surface area contributed by atoms with E-state index in [9.17, 15) is 5.11 Å². The standard InChI is InChI=1S/C11H17NO/c1-8(2)6-11(12)9-4-3-5-10(13)7-9/h3-5,7-8,11,13H,6,12H2,1-2H3/t11-/m1/s1. The van der Waals surface area contributed by atoms with Crippen LogP contribution in [0.2, 0.25) is 0 Å². The maximum atomic E-state index is 9.24. The van der Waals surface area contributed by atoms with Crippen molar-refractivity contribution in [3.63, 3.8) is 0 Å². The average Bonchev–Trinajstić information content (AvgIpc) is 2.03. The molecule has 1 rings (SSSR count). The van der Waals surface area contributed by atoms with Crippen molar-refractivity contribution in [2.75, 3.05) is 0 Å². The van der Waals surface area contributed by atoms with Crippen LogP contribution in [0.15, 0.2) is 24.3 Å². The molecule has 1 aromatic carbocycles. The van der Waals surface area contributed by atoms with Crippen LogP contribution in [0.1, 0.15) is 31.9 Å². The minimum absolute atomic E-state index is 0.0344. The van der Waals surface area contributed by atoms with Crippen molar-refractivity contribution < 1.29 is 5.11 Å². The van der Waals surface area contributed by atoms with Gasteiger partial charge in [0.15, 0.2) is 0 Å². The van der Waals surface area contributed by atoms with Crippen LogP contribution in [-0.4, -0.2) is 5.11 Å². The second-order valence-electron chi connectivity index (χ2n) is 3.83. The monoisotopic (exact) mass is 179 g/mol. The number of hydrogen-bond acceptors (Lipinski definition) is 2. The van der Waals surface area contributed by atoms with Gasteiger partial charge >= 0.3 is 0 Å². The Morgan fingerprint density at radius 1 is 1.38 bits per heavy atom. The van der Waals surface area contributed by atoms with E-state index in [1.807, 2.05) is 12.1 Å². The second-order valence-corrected chi connectivity index (χ2v) is 3.83. The van der Waals surface area contributed by atoms with E-state index in [1.165, 1.54) is 0 Å². The molecule has 0 radical (unpaired) electrons. The zero-order valence-corrected chi connectivity index (χ0v) is 8.20. The fourth-order valence-corrected chi connectivity index (χ4v) is 1.40. The maximum absolute atomic E-state index is 9.24. The van der Waals surface area contributed by atoms with Crippen molar-refractivity contribution in [3.05, 3.63) is 29.8 Å². The van der Waals surface area contributed by atoms with Crippen LogP contribution in [-0.2, 0) is 0 Å². The molecule has 0 saturated heterocycles. The second kappa shape index (κ2) is 4.28. The van der Waals surface area contributed by atoms with E-state index >= 15 is 0 Å². The smallest absolute Gasteiger partial charge is 0.115 e. The zero-order valence-electron chi connectivity index (χ0n) is 8.20. The molecule has 72 valence electrons. The summed E-state index contributed by atoms with van der Waals surface area (Å²) in [5, 5.41) is 9.24. The van der Waals surface area contributed by atoms with Crippen LogP contribution in [0.25, 0.3) is 0 Å². The molecule has 0 aliphatic heterocycles. The molecule has 3 N–H and O–H groups in total. The first kappa shape index (κ1) is 10.1. The van der Waals surface area contributed by atoms with E-state index < -0.39 is 0 Å². The number of phenolic OH excluding ortho intramolecular Hbond substituents is 1. The molecule has 0 aromatic heterocycles. The topological polar surface area (TPSA) is 46.2 Å². The molecule has 1 atom stereocenters. The number of aromatic hydroxyl groups is 1. The number of hydrogen-bond donors (Lipinski definition) is 2. The van der Waals surface area contributed by atoms with Crippen LogP contribution in [0.5, 0.6) is 5.75 Å². The summed E-state index contributed by atoms with van der Waals surface area (Å²) in [6, 6.07) is 7.20. The number of benzene rings is 1. The molecule has 0 bridgehead atoms. The van der Waals surface area contributed by atoms with Gasteiger partial charge in [0.25, 0.3) is 0 Å². The Morgan fingerprint density at radius 2 is 2.08 bits per heavy atom. The number of phenols is 1. The van der Waals surface area contributed by atoms with Crippen molar-refractivity contribution >= 4 is 0 Å². The van der Waals surface area contributed by atoms with Gasteiger partial charge in [-0.2, -0.15) is 0 Å². The van der Waals surface area contributed by atoms with Crippen LogP contribution in [0.4, 0.5) is 0 Å². The predicted molar refractivity (Wildman–Crippen MR) is 54.5 cm³/mol. The van der Waals surface area contributed by atoms with E-state index in [-0.39, 0.29) is 11.8 Å². The van der Waals surface area contributed by atoms with Crippen LogP contribution in [0, 0.1) is 5.92 Å². The summed E-state index contributed by atoms with van der Waals surface area (Å²) < 4.78 is 0. The highest BCUT2D eigenvalue weighted by atomic mass is 16.3. The van der Waals surface area contributed by atoms with Crippen molar-refractivity contribution in [1.29, 1.82) is 0 Å². The molecular weight excluding hydrogens is 162 g/mol. The summed E-state index contributed by atoms with van der Waals surface area (Å²) in [5.41, 5.74) is 6.96. The Kier molecular flexibility index (Phi) is 3.32. The molecule has 2 nitrogen and oxygen atoms in total. The molecular formula is C11H17NO. The Labute approximate surface area is 79.4 Å². The van der Waals surface area contributed by atoms with Gasteiger partial charge in [0.2, 0.25) is 0 Å². The highest BCUT2D eigenvalue weighted by molar-refractivity contribution is 5.29. The molecule has 13 heavy (non-hydrogen) atoms.